The molecule has 0 radical (unpaired) electrons. The van der Waals surface area contributed by atoms with Crippen LogP contribution in [-0.2, 0) is 19.6 Å². The first-order valence-corrected chi connectivity index (χ1v) is 11.4. The monoisotopic (exact) mass is 449 g/mol. The first kappa shape index (κ1) is 22.1. The molecule has 1 fully saturated rings. The summed E-state index contributed by atoms with van der Waals surface area (Å²) in [5.74, 6) is -0.326. The van der Waals surface area contributed by atoms with Crippen LogP contribution in [0.5, 0.6) is 0 Å². The van der Waals surface area contributed by atoms with E-state index in [9.17, 15) is 18.0 Å². The average molecular weight is 450 g/mol. The van der Waals surface area contributed by atoms with Gasteiger partial charge in [-0.3, -0.25) is 13.9 Å². The van der Waals surface area contributed by atoms with E-state index in [1.54, 1.807) is 40.1 Å². The van der Waals surface area contributed by atoms with Crippen molar-refractivity contribution >= 4 is 39.6 Å². The summed E-state index contributed by atoms with van der Waals surface area (Å²) in [6.45, 7) is 4.93. The number of benzene rings is 2. The van der Waals surface area contributed by atoms with Crippen LogP contribution in [0.25, 0.3) is 0 Å². The highest BCUT2D eigenvalue weighted by Gasteiger charge is 2.30. The predicted octanol–water partition coefficient (Wildman–Crippen LogP) is 2.45. The summed E-state index contributed by atoms with van der Waals surface area (Å²) in [4.78, 5) is 27.1. The molecule has 2 amide bonds. The number of aryl methyl sites for hydroxylation is 2. The third-order valence-electron chi connectivity index (χ3n) is 5.15. The molecule has 0 unspecified atom stereocenters. The van der Waals surface area contributed by atoms with E-state index >= 15 is 0 Å². The molecule has 0 bridgehead atoms. The Hall–Kier alpha value is -2.58. The maximum absolute atomic E-state index is 13.4. The zero-order valence-corrected chi connectivity index (χ0v) is 18.5. The topological polar surface area (TPSA) is 78.0 Å². The molecular formula is C21H24ClN3O4S. The van der Waals surface area contributed by atoms with Gasteiger partial charge in [-0.1, -0.05) is 35.4 Å². The summed E-state index contributed by atoms with van der Waals surface area (Å²) in [6.07, 6.45) is 0.754. The zero-order valence-electron chi connectivity index (χ0n) is 16.9. The first-order chi connectivity index (χ1) is 14.2. The molecule has 1 saturated heterocycles. The Labute approximate surface area is 181 Å². The quantitative estimate of drug-likeness (QED) is 0.634. The lowest BCUT2D eigenvalue weighted by molar-refractivity contribution is -0.133. The number of rotatable bonds is 6. The molecule has 2 aromatic carbocycles. The van der Waals surface area contributed by atoms with Crippen molar-refractivity contribution < 1.29 is 18.0 Å². The largest absolute Gasteiger partial charge is 0.342 e. The number of halogens is 1. The van der Waals surface area contributed by atoms with E-state index in [4.69, 9.17) is 11.6 Å². The molecule has 0 atom stereocenters. The fourth-order valence-corrected chi connectivity index (χ4v) is 4.77. The highest BCUT2D eigenvalue weighted by Crippen LogP contribution is 2.28. The van der Waals surface area contributed by atoms with Gasteiger partial charge in [-0.25, -0.2) is 8.42 Å². The van der Waals surface area contributed by atoms with E-state index < -0.39 is 10.0 Å². The number of piperazine rings is 1. The molecule has 0 aromatic heterocycles. The predicted molar refractivity (Wildman–Crippen MR) is 116 cm³/mol. The molecule has 9 heteroatoms. The lowest BCUT2D eigenvalue weighted by atomic mass is 10.2. The Kier molecular flexibility index (Phi) is 6.67. The second-order valence-corrected chi connectivity index (χ2v) is 9.55. The summed E-state index contributed by atoms with van der Waals surface area (Å²) >= 11 is 6.24. The van der Waals surface area contributed by atoms with Gasteiger partial charge in [-0.2, -0.15) is 0 Å². The maximum Gasteiger partial charge on any atom is 0.264 e. The van der Waals surface area contributed by atoms with Crippen LogP contribution in [0.2, 0.25) is 5.02 Å². The van der Waals surface area contributed by atoms with E-state index in [0.717, 1.165) is 21.8 Å². The molecule has 0 spiro atoms. The van der Waals surface area contributed by atoms with Crippen molar-refractivity contribution in [3.8, 4) is 0 Å². The van der Waals surface area contributed by atoms with Gasteiger partial charge in [0.25, 0.3) is 10.0 Å². The van der Waals surface area contributed by atoms with Crippen LogP contribution < -0.4 is 4.31 Å². The van der Waals surface area contributed by atoms with E-state index in [-0.39, 0.29) is 17.3 Å². The van der Waals surface area contributed by atoms with Gasteiger partial charge >= 0.3 is 0 Å². The number of hydrogen-bond donors (Lipinski definition) is 0. The molecule has 0 saturated carbocycles. The number of amides is 2. The number of sulfonamides is 1. The minimum Gasteiger partial charge on any atom is -0.342 e. The van der Waals surface area contributed by atoms with Gasteiger partial charge in [-0.05, 0) is 43.7 Å². The minimum atomic E-state index is -3.99. The summed E-state index contributed by atoms with van der Waals surface area (Å²) in [6, 6.07) is 11.4. The fraction of sp³-hybridized carbons (Fsp3) is 0.333. The van der Waals surface area contributed by atoms with Crippen LogP contribution >= 0.6 is 11.6 Å². The Bertz CT molecular complexity index is 1030. The van der Waals surface area contributed by atoms with E-state index in [1.807, 2.05) is 13.8 Å². The molecule has 0 aliphatic carbocycles. The number of carbonyl (C=O) groups excluding carboxylic acids is 2. The van der Waals surface area contributed by atoms with Gasteiger partial charge in [0.1, 0.15) is 6.54 Å². The van der Waals surface area contributed by atoms with Gasteiger partial charge < -0.3 is 9.80 Å². The van der Waals surface area contributed by atoms with Gasteiger partial charge in [-0.15, -0.1) is 0 Å². The summed E-state index contributed by atoms with van der Waals surface area (Å²) in [5.41, 5.74) is 2.07. The molecule has 1 aliphatic rings. The molecular weight excluding hydrogens is 426 g/mol. The minimum absolute atomic E-state index is 0.100. The fourth-order valence-electron chi connectivity index (χ4n) is 3.19. The third-order valence-corrected chi connectivity index (χ3v) is 7.34. The number of nitrogens with zero attached hydrogens (tertiary/aromatic N) is 3. The number of hydrogen-bond acceptors (Lipinski definition) is 4. The van der Waals surface area contributed by atoms with Crippen LogP contribution in [0.3, 0.4) is 0 Å². The second-order valence-electron chi connectivity index (χ2n) is 7.28. The van der Waals surface area contributed by atoms with Crippen LogP contribution in [0.15, 0.2) is 47.4 Å². The van der Waals surface area contributed by atoms with Crippen molar-refractivity contribution in [1.29, 1.82) is 0 Å². The van der Waals surface area contributed by atoms with E-state index in [0.29, 0.717) is 36.9 Å². The van der Waals surface area contributed by atoms with Crippen molar-refractivity contribution in [1.82, 2.24) is 9.80 Å². The van der Waals surface area contributed by atoms with Crippen molar-refractivity contribution in [3.05, 3.63) is 58.6 Å². The first-order valence-electron chi connectivity index (χ1n) is 9.55. The maximum atomic E-state index is 13.4. The lowest BCUT2D eigenvalue weighted by Gasteiger charge is -2.34. The number of carbonyl (C=O) groups is 2. The van der Waals surface area contributed by atoms with Crippen LogP contribution in [-0.4, -0.2) is 63.3 Å². The Morgan fingerprint density at radius 3 is 2.27 bits per heavy atom. The SMILES string of the molecule is Cc1ccc(S(=O)(=O)N(CC(=O)N2CCN(C=O)CC2)c2ccc(C)c(Cl)c2)cc1. The second kappa shape index (κ2) is 9.06. The standard InChI is InChI=1S/C21H24ClN3O4S/c1-16-3-7-19(8-4-16)30(28,29)25(18-6-5-17(2)20(22)13-18)14-21(27)24-11-9-23(15-26)10-12-24/h3-8,13,15H,9-12,14H2,1-2H3. The van der Waals surface area contributed by atoms with Crippen molar-refractivity contribution in [2.75, 3.05) is 37.0 Å². The molecule has 1 aliphatic heterocycles. The summed E-state index contributed by atoms with van der Waals surface area (Å²) in [7, 11) is -3.99. The molecule has 7 nitrogen and oxygen atoms in total. The van der Waals surface area contributed by atoms with Gasteiger partial charge in [0.15, 0.2) is 0 Å². The van der Waals surface area contributed by atoms with Gasteiger partial charge in [0.05, 0.1) is 10.6 Å². The Morgan fingerprint density at radius 1 is 1.07 bits per heavy atom. The van der Waals surface area contributed by atoms with Crippen molar-refractivity contribution in [3.63, 3.8) is 0 Å². The Morgan fingerprint density at radius 2 is 1.70 bits per heavy atom. The highest BCUT2D eigenvalue weighted by molar-refractivity contribution is 7.92. The van der Waals surface area contributed by atoms with E-state index in [2.05, 4.69) is 0 Å². The van der Waals surface area contributed by atoms with Gasteiger partial charge in [0.2, 0.25) is 12.3 Å². The molecule has 3 rings (SSSR count). The van der Waals surface area contributed by atoms with Gasteiger partial charge in [0, 0.05) is 31.2 Å². The average Bonchev–Trinajstić information content (AvgIpc) is 2.74. The molecule has 160 valence electrons. The number of anilines is 1. The molecule has 0 N–H and O–H groups in total. The van der Waals surface area contributed by atoms with Crippen LogP contribution in [0, 0.1) is 13.8 Å². The third kappa shape index (κ3) is 4.76. The van der Waals surface area contributed by atoms with Crippen molar-refractivity contribution in [2.45, 2.75) is 18.7 Å². The van der Waals surface area contributed by atoms with Crippen molar-refractivity contribution in [2.24, 2.45) is 0 Å². The highest BCUT2D eigenvalue weighted by atomic mass is 35.5. The van der Waals surface area contributed by atoms with Crippen LogP contribution in [0.1, 0.15) is 11.1 Å². The normalized spacial score (nSPS) is 14.5. The lowest BCUT2D eigenvalue weighted by Crippen LogP contribution is -2.51. The summed E-state index contributed by atoms with van der Waals surface area (Å²) < 4.78 is 27.9. The Balaban J connectivity index is 1.93. The van der Waals surface area contributed by atoms with E-state index in [1.165, 1.54) is 12.1 Å². The molecule has 30 heavy (non-hydrogen) atoms. The van der Waals surface area contributed by atoms with Crippen LogP contribution in [0.4, 0.5) is 5.69 Å². The summed E-state index contributed by atoms with van der Waals surface area (Å²) in [5, 5.41) is 0.420. The zero-order chi connectivity index (χ0) is 21.9. The smallest absolute Gasteiger partial charge is 0.264 e. The molecule has 1 heterocycles. The molecule has 2 aromatic rings.